The fourth-order valence-electron chi connectivity index (χ4n) is 1.24. The van der Waals surface area contributed by atoms with Crippen LogP contribution >= 0.6 is 0 Å². The Morgan fingerprint density at radius 1 is 1.19 bits per heavy atom. The van der Waals surface area contributed by atoms with E-state index >= 15 is 0 Å². The van der Waals surface area contributed by atoms with Gasteiger partial charge in [-0.15, -0.1) is 0 Å². The average molecular weight is 313 g/mol. The first-order valence-electron chi connectivity index (χ1n) is 6.92. The molecule has 0 heterocycles. The molecule has 0 aliphatic heterocycles. The van der Waals surface area contributed by atoms with E-state index in [9.17, 15) is 13.2 Å². The highest BCUT2D eigenvalue weighted by Gasteiger charge is 2.27. The van der Waals surface area contributed by atoms with E-state index in [1.807, 2.05) is 20.8 Å². The van der Waals surface area contributed by atoms with E-state index < -0.39 is 12.8 Å². The number of hydrogen-bond acceptors (Lipinski definition) is 3. The number of ether oxygens (including phenoxy) is 2. The zero-order chi connectivity index (χ0) is 16.4. The maximum atomic E-state index is 11.9. The van der Waals surface area contributed by atoms with Gasteiger partial charge in [0.2, 0.25) is 0 Å². The maximum absolute atomic E-state index is 11.9. The van der Waals surface area contributed by atoms with Crippen molar-refractivity contribution in [2.45, 2.75) is 39.0 Å². The number of rotatable bonds is 9. The monoisotopic (exact) mass is 313 g/mol. The van der Waals surface area contributed by atoms with Crippen molar-refractivity contribution in [1.29, 1.82) is 0 Å². The van der Waals surface area contributed by atoms with Crippen LogP contribution in [0.3, 0.4) is 0 Å². The molecule has 126 valence electrons. The Morgan fingerprint density at radius 3 is 2.38 bits per heavy atom. The van der Waals surface area contributed by atoms with Crippen molar-refractivity contribution in [2.75, 3.05) is 40.0 Å². The fourth-order valence-corrected chi connectivity index (χ4v) is 1.24. The molecular weight excluding hydrogens is 287 g/mol. The van der Waals surface area contributed by atoms with Crippen LogP contribution in [0.2, 0.25) is 0 Å². The number of hydrogen-bond donors (Lipinski definition) is 2. The second-order valence-corrected chi connectivity index (χ2v) is 5.11. The minimum Gasteiger partial charge on any atom is -0.377 e. The molecular formula is C13H26F3N3O2. The smallest absolute Gasteiger partial charge is 0.377 e. The summed E-state index contributed by atoms with van der Waals surface area (Å²) in [6.07, 6.45) is -3.80. The molecule has 0 aromatic heterocycles. The molecule has 0 saturated carbocycles. The van der Waals surface area contributed by atoms with Gasteiger partial charge in [-0.1, -0.05) is 0 Å². The Morgan fingerprint density at radius 2 is 1.86 bits per heavy atom. The summed E-state index contributed by atoms with van der Waals surface area (Å²) < 4.78 is 45.4. The van der Waals surface area contributed by atoms with Crippen LogP contribution in [0.4, 0.5) is 13.2 Å². The Bertz CT molecular complexity index is 308. The predicted molar refractivity (Wildman–Crippen MR) is 76.6 cm³/mol. The van der Waals surface area contributed by atoms with E-state index in [0.29, 0.717) is 32.0 Å². The lowest BCUT2D eigenvalue weighted by Crippen LogP contribution is -2.39. The van der Waals surface area contributed by atoms with Gasteiger partial charge in [0, 0.05) is 26.8 Å². The highest BCUT2D eigenvalue weighted by Crippen LogP contribution is 2.14. The van der Waals surface area contributed by atoms with Crippen LogP contribution in [0.5, 0.6) is 0 Å². The van der Waals surface area contributed by atoms with Crippen LogP contribution in [0.15, 0.2) is 4.99 Å². The zero-order valence-corrected chi connectivity index (χ0v) is 13.1. The van der Waals surface area contributed by atoms with Crippen LogP contribution in [-0.4, -0.2) is 57.7 Å². The fraction of sp³-hybridized carbons (Fsp3) is 0.923. The predicted octanol–water partition coefficient (Wildman–Crippen LogP) is 1.94. The number of nitrogens with zero attached hydrogens (tertiary/aromatic N) is 1. The number of aliphatic imine (C=N–C) groups is 1. The van der Waals surface area contributed by atoms with E-state index in [4.69, 9.17) is 4.74 Å². The van der Waals surface area contributed by atoms with Crippen LogP contribution < -0.4 is 10.6 Å². The molecule has 0 rings (SSSR count). The molecule has 0 aromatic rings. The summed E-state index contributed by atoms with van der Waals surface area (Å²) in [5, 5.41) is 6.09. The lowest BCUT2D eigenvalue weighted by Gasteiger charge is -2.21. The highest BCUT2D eigenvalue weighted by molar-refractivity contribution is 5.79. The molecule has 0 saturated heterocycles. The normalized spacial score (nSPS) is 13.4. The average Bonchev–Trinajstić information content (AvgIpc) is 2.38. The number of guanidine groups is 1. The van der Waals surface area contributed by atoms with E-state index in [-0.39, 0.29) is 12.2 Å². The molecule has 21 heavy (non-hydrogen) atoms. The minimum atomic E-state index is -4.27. The lowest BCUT2D eigenvalue weighted by molar-refractivity contribution is -0.173. The SMILES string of the molecule is CCNC(=NCC(C)(C)OC)NCCCOCC(F)(F)F. The van der Waals surface area contributed by atoms with Crippen molar-refractivity contribution < 1.29 is 22.6 Å². The molecule has 8 heteroatoms. The van der Waals surface area contributed by atoms with Crippen LogP contribution in [-0.2, 0) is 9.47 Å². The topological polar surface area (TPSA) is 54.9 Å². The van der Waals surface area contributed by atoms with Crippen molar-refractivity contribution in [3.05, 3.63) is 0 Å². The Balaban J connectivity index is 3.97. The molecule has 0 fully saturated rings. The summed E-state index contributed by atoms with van der Waals surface area (Å²) in [7, 11) is 1.62. The van der Waals surface area contributed by atoms with Gasteiger partial charge in [0.25, 0.3) is 0 Å². The third-order valence-electron chi connectivity index (χ3n) is 2.54. The molecule has 5 nitrogen and oxygen atoms in total. The van der Waals surface area contributed by atoms with E-state index in [2.05, 4.69) is 20.4 Å². The van der Waals surface area contributed by atoms with Crippen molar-refractivity contribution in [3.63, 3.8) is 0 Å². The van der Waals surface area contributed by atoms with Crippen molar-refractivity contribution in [2.24, 2.45) is 4.99 Å². The maximum Gasteiger partial charge on any atom is 0.411 e. The number of methoxy groups -OCH3 is 1. The van der Waals surface area contributed by atoms with Gasteiger partial charge in [-0.3, -0.25) is 4.99 Å². The lowest BCUT2D eigenvalue weighted by atomic mass is 10.1. The molecule has 0 radical (unpaired) electrons. The van der Waals surface area contributed by atoms with Gasteiger partial charge >= 0.3 is 6.18 Å². The molecule has 0 amide bonds. The third-order valence-corrected chi connectivity index (χ3v) is 2.54. The second-order valence-electron chi connectivity index (χ2n) is 5.11. The van der Waals surface area contributed by atoms with Crippen molar-refractivity contribution in [3.8, 4) is 0 Å². The zero-order valence-electron chi connectivity index (χ0n) is 13.1. The summed E-state index contributed by atoms with van der Waals surface area (Å²) in [6, 6.07) is 0. The molecule has 0 aliphatic rings. The quantitative estimate of drug-likeness (QED) is 0.388. The molecule has 2 N–H and O–H groups in total. The van der Waals surface area contributed by atoms with Crippen molar-refractivity contribution in [1.82, 2.24) is 10.6 Å². The Kier molecular flexibility index (Phi) is 9.36. The van der Waals surface area contributed by atoms with E-state index in [1.165, 1.54) is 0 Å². The highest BCUT2D eigenvalue weighted by atomic mass is 19.4. The molecule has 0 bridgehead atoms. The second kappa shape index (κ2) is 9.83. The van der Waals surface area contributed by atoms with Gasteiger partial charge in [0.15, 0.2) is 5.96 Å². The summed E-state index contributed by atoms with van der Waals surface area (Å²) in [5.74, 6) is 0.610. The van der Waals surface area contributed by atoms with Gasteiger partial charge in [-0.2, -0.15) is 13.2 Å². The standard InChI is InChI=1S/C13H26F3N3O2/c1-5-17-11(19-9-12(2,3)20-4)18-7-6-8-21-10-13(14,15)16/h5-10H2,1-4H3,(H2,17,18,19). The van der Waals surface area contributed by atoms with E-state index in [0.717, 1.165) is 0 Å². The van der Waals surface area contributed by atoms with Gasteiger partial charge in [0.05, 0.1) is 12.1 Å². The first kappa shape index (κ1) is 20.0. The van der Waals surface area contributed by atoms with E-state index in [1.54, 1.807) is 7.11 Å². The summed E-state index contributed by atoms with van der Waals surface area (Å²) >= 11 is 0. The first-order valence-corrected chi connectivity index (χ1v) is 6.92. The largest absolute Gasteiger partial charge is 0.411 e. The van der Waals surface area contributed by atoms with Crippen LogP contribution in [0, 0.1) is 0 Å². The molecule has 0 aliphatic carbocycles. The molecule has 0 unspecified atom stereocenters. The molecule has 0 atom stereocenters. The molecule has 0 aromatic carbocycles. The van der Waals surface area contributed by atoms with Gasteiger partial charge in [0.1, 0.15) is 6.61 Å². The van der Waals surface area contributed by atoms with Crippen LogP contribution in [0.25, 0.3) is 0 Å². The summed E-state index contributed by atoms with van der Waals surface area (Å²) in [6.45, 7) is 6.28. The minimum absolute atomic E-state index is 0.0511. The van der Waals surface area contributed by atoms with Gasteiger partial charge in [-0.05, 0) is 27.2 Å². The van der Waals surface area contributed by atoms with Crippen molar-refractivity contribution >= 4 is 5.96 Å². The number of alkyl halides is 3. The third kappa shape index (κ3) is 12.4. The van der Waals surface area contributed by atoms with Gasteiger partial charge in [-0.25, -0.2) is 0 Å². The Hall–Kier alpha value is -1.02. The van der Waals surface area contributed by atoms with Gasteiger partial charge < -0.3 is 20.1 Å². The number of halogens is 3. The Labute approximate surface area is 124 Å². The molecule has 0 spiro atoms. The first-order chi connectivity index (χ1) is 9.70. The summed E-state index contributed by atoms with van der Waals surface area (Å²) in [4.78, 5) is 4.36. The number of nitrogens with one attached hydrogen (secondary N) is 2. The summed E-state index contributed by atoms with van der Waals surface area (Å²) in [5.41, 5.74) is -0.363. The van der Waals surface area contributed by atoms with Crippen LogP contribution in [0.1, 0.15) is 27.2 Å².